The number of anilines is 2. The highest BCUT2D eigenvalue weighted by Gasteiger charge is 2.15. The minimum Gasteiger partial charge on any atom is -0.487 e. The van der Waals surface area contributed by atoms with Crippen LogP contribution in [0.5, 0.6) is 5.75 Å². The fourth-order valence-corrected chi connectivity index (χ4v) is 3.37. The van der Waals surface area contributed by atoms with Crippen LogP contribution in [0.25, 0.3) is 0 Å². The molecule has 0 aliphatic carbocycles. The summed E-state index contributed by atoms with van der Waals surface area (Å²) in [6.45, 7) is 4.16. The topological polar surface area (TPSA) is 83.6 Å². The summed E-state index contributed by atoms with van der Waals surface area (Å²) in [5, 5.41) is 7.58. The molecule has 0 bridgehead atoms. The van der Waals surface area contributed by atoms with Gasteiger partial charge in [-0.1, -0.05) is 24.3 Å². The first-order chi connectivity index (χ1) is 14.4. The molecule has 3 amide bonds. The lowest BCUT2D eigenvalue weighted by molar-refractivity contribution is -0.116. The van der Waals surface area contributed by atoms with E-state index in [1.807, 2.05) is 43.5 Å². The molecule has 1 aromatic heterocycles. The Morgan fingerprint density at radius 1 is 1.10 bits per heavy atom. The molecule has 0 aliphatic heterocycles. The molecule has 0 aliphatic rings. The van der Waals surface area contributed by atoms with Crippen molar-refractivity contribution in [3.63, 3.8) is 0 Å². The number of amides is 3. The van der Waals surface area contributed by atoms with Crippen molar-refractivity contribution in [1.29, 1.82) is 0 Å². The second-order valence-corrected chi connectivity index (χ2v) is 7.62. The summed E-state index contributed by atoms with van der Waals surface area (Å²) in [4.78, 5) is 30.4. The molecule has 2 aromatic carbocycles. The van der Waals surface area contributed by atoms with Crippen LogP contribution in [0.4, 0.5) is 16.2 Å². The molecule has 1 heterocycles. The predicted molar refractivity (Wildman–Crippen MR) is 119 cm³/mol. The Labute approximate surface area is 179 Å². The van der Waals surface area contributed by atoms with Gasteiger partial charge in [0.1, 0.15) is 18.9 Å². The summed E-state index contributed by atoms with van der Waals surface area (Å²) < 4.78 is 5.70. The average Bonchev–Trinajstić information content (AvgIpc) is 3.23. The first kappa shape index (κ1) is 21.3. The number of hydrogen-bond acceptors (Lipinski definition) is 5. The number of nitrogens with one attached hydrogen (secondary N) is 2. The number of hydrogen-bond donors (Lipinski definition) is 2. The Hall–Kier alpha value is -3.39. The van der Waals surface area contributed by atoms with E-state index in [0.717, 1.165) is 22.5 Å². The minimum absolute atomic E-state index is 0.0698. The van der Waals surface area contributed by atoms with Crippen molar-refractivity contribution in [2.75, 3.05) is 24.2 Å². The van der Waals surface area contributed by atoms with Gasteiger partial charge in [-0.05, 0) is 37.1 Å². The monoisotopic (exact) mass is 424 g/mol. The largest absolute Gasteiger partial charge is 0.487 e. The second-order valence-electron chi connectivity index (χ2n) is 6.90. The van der Waals surface area contributed by atoms with Crippen LogP contribution in [0.3, 0.4) is 0 Å². The van der Waals surface area contributed by atoms with Crippen molar-refractivity contribution >= 4 is 34.6 Å². The van der Waals surface area contributed by atoms with E-state index in [0.29, 0.717) is 18.0 Å². The maximum atomic E-state index is 12.5. The number of urea groups is 1. The highest BCUT2D eigenvalue weighted by atomic mass is 32.1. The van der Waals surface area contributed by atoms with Gasteiger partial charge in [-0.15, -0.1) is 11.3 Å². The molecule has 2 N–H and O–H groups in total. The van der Waals surface area contributed by atoms with E-state index < -0.39 is 0 Å². The molecule has 0 atom stereocenters. The van der Waals surface area contributed by atoms with E-state index in [1.54, 1.807) is 30.8 Å². The highest BCUT2D eigenvalue weighted by molar-refractivity contribution is 7.07. The van der Waals surface area contributed by atoms with E-state index >= 15 is 0 Å². The van der Waals surface area contributed by atoms with Crippen molar-refractivity contribution < 1.29 is 14.3 Å². The van der Waals surface area contributed by atoms with Crippen LogP contribution in [0.15, 0.2) is 53.4 Å². The van der Waals surface area contributed by atoms with E-state index in [4.69, 9.17) is 4.74 Å². The Bertz CT molecular complexity index is 1000. The number of thiazole rings is 1. The van der Waals surface area contributed by atoms with Gasteiger partial charge in [0.15, 0.2) is 0 Å². The van der Waals surface area contributed by atoms with Crippen molar-refractivity contribution in [2.24, 2.45) is 0 Å². The van der Waals surface area contributed by atoms with Gasteiger partial charge in [0.25, 0.3) is 0 Å². The molecular formula is C22H24N4O3S. The molecule has 3 aromatic rings. The summed E-state index contributed by atoms with van der Waals surface area (Å²) in [5.41, 5.74) is 5.92. The zero-order chi connectivity index (χ0) is 21.5. The minimum atomic E-state index is -0.386. The number of nitrogens with zero attached hydrogens (tertiary/aromatic N) is 2. The summed E-state index contributed by atoms with van der Waals surface area (Å²) in [7, 11) is 1.57. The van der Waals surface area contributed by atoms with E-state index in [2.05, 4.69) is 15.6 Å². The first-order valence-corrected chi connectivity index (χ1v) is 10.3. The number of carbonyl (C=O) groups excluding carboxylic acids is 2. The maximum absolute atomic E-state index is 12.5. The summed E-state index contributed by atoms with van der Waals surface area (Å²) >= 11 is 1.51. The molecule has 3 rings (SSSR count). The lowest BCUT2D eigenvalue weighted by atomic mass is 10.1. The number of para-hydroxylation sites is 1. The van der Waals surface area contributed by atoms with Crippen molar-refractivity contribution in [3.05, 3.63) is 70.2 Å². The van der Waals surface area contributed by atoms with Crippen LogP contribution in [0.2, 0.25) is 0 Å². The van der Waals surface area contributed by atoms with E-state index in [1.165, 1.54) is 16.2 Å². The molecule has 7 nitrogen and oxygen atoms in total. The maximum Gasteiger partial charge on any atom is 0.322 e. The van der Waals surface area contributed by atoms with Gasteiger partial charge < -0.3 is 20.3 Å². The van der Waals surface area contributed by atoms with Crippen molar-refractivity contribution in [3.8, 4) is 5.75 Å². The van der Waals surface area contributed by atoms with Crippen LogP contribution in [-0.2, 0) is 11.4 Å². The van der Waals surface area contributed by atoms with Crippen LogP contribution in [-0.4, -0.2) is 35.4 Å². The lowest BCUT2D eigenvalue weighted by Gasteiger charge is -2.19. The summed E-state index contributed by atoms with van der Waals surface area (Å²) in [6, 6.07) is 12.5. The third-order valence-electron chi connectivity index (χ3n) is 4.43. The van der Waals surface area contributed by atoms with Crippen LogP contribution in [0.1, 0.15) is 16.8 Å². The third kappa shape index (κ3) is 5.81. The number of carbonyl (C=O) groups is 2. The van der Waals surface area contributed by atoms with Gasteiger partial charge in [-0.3, -0.25) is 4.79 Å². The molecule has 0 radical (unpaired) electrons. The first-order valence-electron chi connectivity index (χ1n) is 9.40. The molecular weight excluding hydrogens is 400 g/mol. The molecule has 8 heteroatoms. The average molecular weight is 425 g/mol. The Kier molecular flexibility index (Phi) is 7.03. The smallest absolute Gasteiger partial charge is 0.322 e. The third-order valence-corrected chi connectivity index (χ3v) is 5.06. The molecule has 156 valence electrons. The highest BCUT2D eigenvalue weighted by Crippen LogP contribution is 2.20. The summed E-state index contributed by atoms with van der Waals surface area (Å²) in [6.07, 6.45) is 0. The van der Waals surface area contributed by atoms with Gasteiger partial charge in [-0.25, -0.2) is 9.78 Å². The number of aryl methyl sites for hydroxylation is 2. The Balaban J connectivity index is 1.53. The fraction of sp³-hybridized carbons (Fsp3) is 0.227. The van der Waals surface area contributed by atoms with Gasteiger partial charge in [-0.2, -0.15) is 0 Å². The molecule has 0 fully saturated rings. The Morgan fingerprint density at radius 2 is 1.83 bits per heavy atom. The van der Waals surface area contributed by atoms with Crippen LogP contribution < -0.4 is 15.4 Å². The normalized spacial score (nSPS) is 10.4. The second kappa shape index (κ2) is 9.89. The molecule has 0 unspecified atom stereocenters. The number of rotatable bonds is 7. The number of benzene rings is 2. The summed E-state index contributed by atoms with van der Waals surface area (Å²) in [5.74, 6) is 0.363. The van der Waals surface area contributed by atoms with Gasteiger partial charge in [0.2, 0.25) is 5.91 Å². The standard InChI is InChI=1S/C22H24N4O3S/c1-15-6-4-7-16(2)21(15)25-20(27)11-26(3)22(28)24-17-8-5-9-19(10-17)29-12-18-13-30-14-23-18/h4-10,13-14H,11-12H2,1-3H3,(H,24,28)(H,25,27). The van der Waals surface area contributed by atoms with Crippen LogP contribution in [0, 0.1) is 13.8 Å². The zero-order valence-corrected chi connectivity index (χ0v) is 18.0. The number of ether oxygens (including phenoxy) is 1. The molecule has 0 saturated carbocycles. The van der Waals surface area contributed by atoms with Crippen LogP contribution >= 0.6 is 11.3 Å². The van der Waals surface area contributed by atoms with E-state index in [-0.39, 0.29) is 18.5 Å². The molecule has 0 spiro atoms. The zero-order valence-electron chi connectivity index (χ0n) is 17.1. The molecule has 30 heavy (non-hydrogen) atoms. The Morgan fingerprint density at radius 3 is 2.53 bits per heavy atom. The number of likely N-dealkylation sites (N-methyl/N-ethyl adjacent to an activating group) is 1. The van der Waals surface area contributed by atoms with E-state index in [9.17, 15) is 9.59 Å². The SMILES string of the molecule is Cc1cccc(C)c1NC(=O)CN(C)C(=O)Nc1cccc(OCc2cscn2)c1. The quantitative estimate of drug-likeness (QED) is 0.587. The number of aromatic nitrogens is 1. The van der Waals surface area contributed by atoms with Crippen molar-refractivity contribution in [1.82, 2.24) is 9.88 Å². The van der Waals surface area contributed by atoms with Gasteiger partial charge >= 0.3 is 6.03 Å². The fourth-order valence-electron chi connectivity index (χ4n) is 2.83. The van der Waals surface area contributed by atoms with Crippen molar-refractivity contribution in [2.45, 2.75) is 20.5 Å². The van der Waals surface area contributed by atoms with Gasteiger partial charge in [0, 0.05) is 29.9 Å². The lowest BCUT2D eigenvalue weighted by Crippen LogP contribution is -2.37. The van der Waals surface area contributed by atoms with Gasteiger partial charge in [0.05, 0.1) is 11.2 Å². The predicted octanol–water partition coefficient (Wildman–Crippen LogP) is 4.44. The molecule has 0 saturated heterocycles.